The molecule has 0 radical (unpaired) electrons. The Bertz CT molecular complexity index is 356. The molecule has 5 nitrogen and oxygen atoms in total. The number of rotatable bonds is 1. The molecule has 0 saturated carbocycles. The molecule has 68 valence electrons. The van der Waals surface area contributed by atoms with Crippen LogP contribution in [0.2, 0.25) is 0 Å². The summed E-state index contributed by atoms with van der Waals surface area (Å²) in [5.41, 5.74) is 1.61. The van der Waals surface area contributed by atoms with Crippen LogP contribution in [0.3, 0.4) is 0 Å². The van der Waals surface area contributed by atoms with Crippen LogP contribution in [0.1, 0.15) is 21.9 Å². The predicted octanol–water partition coefficient (Wildman–Crippen LogP) is -4.08. The molecule has 0 aromatic carbocycles. The molecule has 1 aliphatic heterocycles. The summed E-state index contributed by atoms with van der Waals surface area (Å²) >= 11 is 0. The average molecular weight is 186 g/mol. The van der Waals surface area contributed by atoms with Crippen LogP contribution >= 0.6 is 0 Å². The molecule has 1 aromatic heterocycles. The summed E-state index contributed by atoms with van der Waals surface area (Å²) in [7, 11) is 0. The summed E-state index contributed by atoms with van der Waals surface area (Å²) in [6.07, 6.45) is 2.12. The van der Waals surface area contributed by atoms with Gasteiger partial charge in [0.25, 0.3) is 0 Å². The number of aromatic nitrogens is 2. The molecule has 0 amide bonds. The normalized spacial score (nSPS) is 14.0. The molecule has 0 N–H and O–H groups in total. The van der Waals surface area contributed by atoms with Crippen molar-refractivity contribution in [1.82, 2.24) is 9.97 Å². The predicted molar refractivity (Wildman–Crippen MR) is 39.7 cm³/mol. The molecule has 2 rings (SSSR count). The van der Waals surface area contributed by atoms with Gasteiger partial charge in [-0.25, -0.2) is 9.97 Å². The van der Waals surface area contributed by atoms with Crippen molar-refractivity contribution in [2.75, 3.05) is 6.61 Å². The van der Waals surface area contributed by atoms with Gasteiger partial charge in [-0.15, -0.1) is 0 Å². The Morgan fingerprint density at radius 2 is 2.36 bits per heavy atom. The van der Waals surface area contributed by atoms with Gasteiger partial charge in [0.15, 0.2) is 5.82 Å². The Morgan fingerprint density at radius 3 is 3.07 bits per heavy atom. The maximum absolute atomic E-state index is 10.4. The van der Waals surface area contributed by atoms with Gasteiger partial charge in [0.1, 0.15) is 5.97 Å². The van der Waals surface area contributed by atoms with E-state index in [0.717, 1.165) is 11.3 Å². The Labute approximate surface area is 92.7 Å². The van der Waals surface area contributed by atoms with Gasteiger partial charge in [-0.05, 0) is 0 Å². The molecular formula is C8H7LiN2O3. The second-order valence-electron chi connectivity index (χ2n) is 2.76. The van der Waals surface area contributed by atoms with Crippen LogP contribution in [0.5, 0.6) is 0 Å². The van der Waals surface area contributed by atoms with Crippen molar-refractivity contribution >= 4 is 5.97 Å². The Hall–Kier alpha value is -0.893. The SMILES string of the molecule is O=C([O-])c1ncc2c(n1)CCOC2.[Li+]. The van der Waals surface area contributed by atoms with Gasteiger partial charge in [0.2, 0.25) is 0 Å². The number of carbonyl (C=O) groups excluding carboxylic acids is 1. The molecule has 1 aliphatic rings. The third kappa shape index (κ3) is 2.13. The fraction of sp³-hybridized carbons (Fsp3) is 0.375. The fourth-order valence-electron chi connectivity index (χ4n) is 1.23. The van der Waals surface area contributed by atoms with Gasteiger partial charge in [0.05, 0.1) is 18.9 Å². The molecular weight excluding hydrogens is 179 g/mol. The molecule has 6 heteroatoms. The van der Waals surface area contributed by atoms with Crippen LogP contribution in [0, 0.1) is 0 Å². The average Bonchev–Trinajstić information content (AvgIpc) is 2.17. The van der Waals surface area contributed by atoms with Crippen molar-refractivity contribution in [3.8, 4) is 0 Å². The van der Waals surface area contributed by atoms with Crippen molar-refractivity contribution in [2.45, 2.75) is 13.0 Å². The van der Waals surface area contributed by atoms with Crippen LogP contribution in [0.4, 0.5) is 0 Å². The summed E-state index contributed by atoms with van der Waals surface area (Å²) in [4.78, 5) is 17.9. The number of fused-ring (bicyclic) bond motifs is 1. The van der Waals surface area contributed by atoms with Crippen molar-refractivity contribution in [1.29, 1.82) is 0 Å². The zero-order valence-electron chi connectivity index (χ0n) is 7.82. The van der Waals surface area contributed by atoms with Crippen molar-refractivity contribution in [3.05, 3.63) is 23.3 Å². The van der Waals surface area contributed by atoms with E-state index in [-0.39, 0.29) is 24.7 Å². The molecule has 0 spiro atoms. The molecule has 14 heavy (non-hydrogen) atoms. The number of aromatic carboxylic acids is 1. The van der Waals surface area contributed by atoms with Crippen LogP contribution in [-0.4, -0.2) is 22.5 Å². The van der Waals surface area contributed by atoms with Gasteiger partial charge >= 0.3 is 18.9 Å². The third-order valence-corrected chi connectivity index (χ3v) is 1.88. The monoisotopic (exact) mass is 186 g/mol. The topological polar surface area (TPSA) is 75.1 Å². The number of carboxylic acids is 1. The first-order chi connectivity index (χ1) is 6.27. The van der Waals surface area contributed by atoms with E-state index >= 15 is 0 Å². The minimum absolute atomic E-state index is 0. The van der Waals surface area contributed by atoms with E-state index in [0.29, 0.717) is 19.6 Å². The van der Waals surface area contributed by atoms with Crippen LogP contribution in [0.25, 0.3) is 0 Å². The minimum atomic E-state index is -1.34. The second-order valence-corrected chi connectivity index (χ2v) is 2.76. The van der Waals surface area contributed by atoms with Crippen LogP contribution in [-0.2, 0) is 17.8 Å². The zero-order chi connectivity index (χ0) is 9.26. The third-order valence-electron chi connectivity index (χ3n) is 1.88. The molecule has 0 atom stereocenters. The Balaban J connectivity index is 0.000000980. The van der Waals surface area contributed by atoms with Gasteiger partial charge in [-0.2, -0.15) is 0 Å². The first-order valence-electron chi connectivity index (χ1n) is 3.91. The number of nitrogens with zero attached hydrogens (tertiary/aromatic N) is 2. The summed E-state index contributed by atoms with van der Waals surface area (Å²) in [5.74, 6) is -1.59. The molecule has 0 unspecified atom stereocenters. The maximum Gasteiger partial charge on any atom is 1.00 e. The van der Waals surface area contributed by atoms with Gasteiger partial charge in [-0.3, -0.25) is 0 Å². The summed E-state index contributed by atoms with van der Waals surface area (Å²) in [6, 6.07) is 0. The van der Waals surface area contributed by atoms with Crippen molar-refractivity contribution < 1.29 is 33.5 Å². The standard InChI is InChI=1S/C8H8N2O3.Li/c11-8(12)7-9-3-5-4-13-2-1-6(5)10-7;/h3H,1-2,4H2,(H,11,12);/q;+1/p-1. The summed E-state index contributed by atoms with van der Waals surface area (Å²) in [6.45, 7) is 1.04. The number of hydrogen-bond donors (Lipinski definition) is 0. The Morgan fingerprint density at radius 1 is 1.57 bits per heavy atom. The van der Waals surface area contributed by atoms with E-state index < -0.39 is 5.97 Å². The van der Waals surface area contributed by atoms with Crippen molar-refractivity contribution in [3.63, 3.8) is 0 Å². The number of ether oxygens (including phenoxy) is 1. The number of carbonyl (C=O) groups is 1. The van der Waals surface area contributed by atoms with Crippen molar-refractivity contribution in [2.24, 2.45) is 0 Å². The first kappa shape index (κ1) is 11.2. The molecule has 0 aliphatic carbocycles. The Kier molecular flexibility index (Phi) is 3.64. The van der Waals surface area contributed by atoms with Crippen LogP contribution < -0.4 is 24.0 Å². The largest absolute Gasteiger partial charge is 1.00 e. The zero-order valence-corrected chi connectivity index (χ0v) is 7.82. The van der Waals surface area contributed by atoms with E-state index in [4.69, 9.17) is 4.74 Å². The molecule has 1 aromatic rings. The van der Waals surface area contributed by atoms with Gasteiger partial charge in [0, 0.05) is 18.2 Å². The first-order valence-corrected chi connectivity index (χ1v) is 3.91. The maximum atomic E-state index is 10.4. The van der Waals surface area contributed by atoms with Gasteiger partial charge < -0.3 is 14.6 Å². The van der Waals surface area contributed by atoms with E-state index in [2.05, 4.69) is 9.97 Å². The summed E-state index contributed by atoms with van der Waals surface area (Å²) < 4.78 is 5.15. The molecule has 0 fully saturated rings. The number of carboxylic acid groups (broad SMARTS) is 1. The van der Waals surface area contributed by atoms with Crippen LogP contribution in [0.15, 0.2) is 6.20 Å². The fourth-order valence-corrected chi connectivity index (χ4v) is 1.23. The van der Waals surface area contributed by atoms with E-state index in [1.165, 1.54) is 6.20 Å². The van der Waals surface area contributed by atoms with E-state index in [9.17, 15) is 9.90 Å². The van der Waals surface area contributed by atoms with E-state index in [1.54, 1.807) is 0 Å². The molecule has 2 heterocycles. The number of hydrogen-bond acceptors (Lipinski definition) is 5. The smallest absolute Gasteiger partial charge is 0.542 e. The second kappa shape index (κ2) is 4.56. The molecule has 0 saturated heterocycles. The quantitative estimate of drug-likeness (QED) is 0.417. The summed E-state index contributed by atoms with van der Waals surface area (Å²) in [5, 5.41) is 10.4. The minimum Gasteiger partial charge on any atom is -0.542 e. The van der Waals surface area contributed by atoms with Gasteiger partial charge in [-0.1, -0.05) is 0 Å². The molecule has 0 bridgehead atoms. The van der Waals surface area contributed by atoms with E-state index in [1.807, 2.05) is 0 Å².